The van der Waals surface area contributed by atoms with Crippen molar-refractivity contribution in [3.8, 4) is 6.07 Å². The van der Waals surface area contributed by atoms with Crippen molar-refractivity contribution in [2.75, 3.05) is 6.54 Å². The summed E-state index contributed by atoms with van der Waals surface area (Å²) in [5, 5.41) is 8.71. The number of rotatable bonds is 2. The normalized spacial score (nSPS) is 27.1. The third kappa shape index (κ3) is 1.53. The Bertz CT molecular complexity index is 398. The van der Waals surface area contributed by atoms with Crippen molar-refractivity contribution in [2.45, 2.75) is 19.8 Å². The molecule has 0 saturated heterocycles. The van der Waals surface area contributed by atoms with E-state index in [1.165, 1.54) is 5.56 Å². The van der Waals surface area contributed by atoms with Crippen LogP contribution in [0.15, 0.2) is 24.3 Å². The highest BCUT2D eigenvalue weighted by Crippen LogP contribution is 2.63. The highest BCUT2D eigenvalue weighted by atomic mass is 14.7. The first-order chi connectivity index (χ1) is 7.11. The zero-order valence-electron chi connectivity index (χ0n) is 9.20. The van der Waals surface area contributed by atoms with E-state index in [-0.39, 0.29) is 0 Å². The van der Waals surface area contributed by atoms with Gasteiger partial charge in [0.25, 0.3) is 0 Å². The molecule has 1 aliphatic carbocycles. The number of nitrogens with zero attached hydrogens (tertiary/aromatic N) is 1. The van der Waals surface area contributed by atoms with Gasteiger partial charge in [-0.15, -0.1) is 0 Å². The van der Waals surface area contributed by atoms with Crippen LogP contribution in [0.5, 0.6) is 0 Å². The number of hydrogen-bond acceptors (Lipinski definition) is 2. The molecule has 2 nitrogen and oxygen atoms in total. The van der Waals surface area contributed by atoms with Gasteiger partial charge in [-0.3, -0.25) is 0 Å². The van der Waals surface area contributed by atoms with Crippen LogP contribution in [0.2, 0.25) is 0 Å². The predicted molar refractivity (Wildman–Crippen MR) is 60.2 cm³/mol. The molecule has 1 aliphatic rings. The molecule has 0 bridgehead atoms. The van der Waals surface area contributed by atoms with Gasteiger partial charge in [-0.1, -0.05) is 26.0 Å². The molecule has 2 atom stereocenters. The number of hydrogen-bond donors (Lipinski definition) is 1. The highest BCUT2D eigenvalue weighted by Gasteiger charge is 2.56. The minimum Gasteiger partial charge on any atom is -0.330 e. The minimum absolute atomic E-state index is 0.322. The zero-order chi connectivity index (χ0) is 11.1. The summed E-state index contributed by atoms with van der Waals surface area (Å²) in [6.45, 7) is 5.26. The van der Waals surface area contributed by atoms with Crippen LogP contribution in [-0.2, 0) is 0 Å². The molecular formula is C13H16N2. The Kier molecular flexibility index (Phi) is 2.28. The van der Waals surface area contributed by atoms with Crippen LogP contribution in [0.1, 0.15) is 30.9 Å². The topological polar surface area (TPSA) is 49.8 Å². The van der Waals surface area contributed by atoms with E-state index in [1.807, 2.05) is 12.1 Å². The van der Waals surface area contributed by atoms with Gasteiger partial charge in [-0.2, -0.15) is 5.26 Å². The Labute approximate surface area is 90.7 Å². The maximum absolute atomic E-state index is 8.71. The quantitative estimate of drug-likeness (QED) is 0.796. The molecule has 78 valence electrons. The zero-order valence-corrected chi connectivity index (χ0v) is 9.20. The second kappa shape index (κ2) is 3.36. The van der Waals surface area contributed by atoms with Gasteiger partial charge in [-0.25, -0.2) is 0 Å². The van der Waals surface area contributed by atoms with Gasteiger partial charge in [0, 0.05) is 0 Å². The standard InChI is InChI=1S/C13H16N2/c1-13(2)11(8-15)12(13)10-5-3-9(7-14)4-6-10/h3-6,11-12H,8,15H2,1-2H3/t11-,12-/m1/s1. The molecule has 1 saturated carbocycles. The predicted octanol–water partition coefficient (Wildman–Crippen LogP) is 2.26. The van der Waals surface area contributed by atoms with Gasteiger partial charge in [0.2, 0.25) is 0 Å². The maximum Gasteiger partial charge on any atom is 0.0991 e. The number of nitrogens with two attached hydrogens (primary N) is 1. The summed E-state index contributed by atoms with van der Waals surface area (Å²) in [6.07, 6.45) is 0. The lowest BCUT2D eigenvalue weighted by Gasteiger charge is -2.02. The molecule has 0 heterocycles. The van der Waals surface area contributed by atoms with Gasteiger partial charge in [0.1, 0.15) is 0 Å². The first-order valence-corrected chi connectivity index (χ1v) is 5.31. The summed E-state index contributed by atoms with van der Waals surface area (Å²) in [7, 11) is 0. The molecule has 15 heavy (non-hydrogen) atoms. The van der Waals surface area contributed by atoms with Crippen LogP contribution in [-0.4, -0.2) is 6.54 Å². The van der Waals surface area contributed by atoms with Crippen LogP contribution in [0.25, 0.3) is 0 Å². The van der Waals surface area contributed by atoms with Crippen LogP contribution < -0.4 is 5.73 Å². The Morgan fingerprint density at radius 2 is 1.93 bits per heavy atom. The first kappa shape index (κ1) is 10.2. The SMILES string of the molecule is CC1(C)[C@H](CN)[C@H]1c1ccc(C#N)cc1. The van der Waals surface area contributed by atoms with E-state index >= 15 is 0 Å². The Hall–Kier alpha value is -1.33. The largest absolute Gasteiger partial charge is 0.330 e. The van der Waals surface area contributed by atoms with Gasteiger partial charge in [0.05, 0.1) is 11.6 Å². The first-order valence-electron chi connectivity index (χ1n) is 5.31. The molecular weight excluding hydrogens is 184 g/mol. The average Bonchev–Trinajstić information content (AvgIpc) is 2.80. The maximum atomic E-state index is 8.71. The van der Waals surface area contributed by atoms with Crippen molar-refractivity contribution in [3.05, 3.63) is 35.4 Å². The summed E-state index contributed by atoms with van der Waals surface area (Å²) in [5.41, 5.74) is 8.10. The van der Waals surface area contributed by atoms with Gasteiger partial charge in [-0.05, 0) is 41.5 Å². The highest BCUT2D eigenvalue weighted by molar-refractivity contribution is 5.37. The van der Waals surface area contributed by atoms with Crippen LogP contribution in [0.3, 0.4) is 0 Å². The second-order valence-electron chi connectivity index (χ2n) is 4.88. The fourth-order valence-electron chi connectivity index (χ4n) is 2.61. The van der Waals surface area contributed by atoms with Crippen LogP contribution in [0.4, 0.5) is 0 Å². The molecule has 2 N–H and O–H groups in total. The lowest BCUT2D eigenvalue weighted by Crippen LogP contribution is -2.05. The lowest BCUT2D eigenvalue weighted by molar-refractivity contribution is 0.558. The van der Waals surface area contributed by atoms with Gasteiger partial charge < -0.3 is 5.73 Å². The Morgan fingerprint density at radius 1 is 1.33 bits per heavy atom. The summed E-state index contributed by atoms with van der Waals surface area (Å²) >= 11 is 0. The smallest absolute Gasteiger partial charge is 0.0991 e. The Morgan fingerprint density at radius 3 is 2.33 bits per heavy atom. The average molecular weight is 200 g/mol. The van der Waals surface area contributed by atoms with E-state index in [1.54, 1.807) is 0 Å². The van der Waals surface area contributed by atoms with Crippen molar-refractivity contribution in [2.24, 2.45) is 17.1 Å². The van der Waals surface area contributed by atoms with E-state index in [0.717, 1.165) is 12.1 Å². The van der Waals surface area contributed by atoms with Crippen LogP contribution in [0, 0.1) is 22.7 Å². The van der Waals surface area contributed by atoms with E-state index in [4.69, 9.17) is 11.0 Å². The molecule has 0 unspecified atom stereocenters. The number of nitriles is 1. The molecule has 2 rings (SSSR count). The third-order valence-electron chi connectivity index (χ3n) is 3.70. The Balaban J connectivity index is 2.23. The van der Waals surface area contributed by atoms with Crippen molar-refractivity contribution < 1.29 is 0 Å². The van der Waals surface area contributed by atoms with Crippen molar-refractivity contribution in [1.29, 1.82) is 5.26 Å². The molecule has 0 aliphatic heterocycles. The van der Waals surface area contributed by atoms with E-state index in [9.17, 15) is 0 Å². The molecule has 0 aromatic heterocycles. The summed E-state index contributed by atoms with van der Waals surface area (Å²) in [6, 6.07) is 10.0. The fraction of sp³-hybridized carbons (Fsp3) is 0.462. The van der Waals surface area contributed by atoms with Crippen molar-refractivity contribution >= 4 is 0 Å². The van der Waals surface area contributed by atoms with Crippen LogP contribution >= 0.6 is 0 Å². The lowest BCUT2D eigenvalue weighted by atomic mass is 10.0. The monoisotopic (exact) mass is 200 g/mol. The van der Waals surface area contributed by atoms with E-state index in [0.29, 0.717) is 17.3 Å². The molecule has 0 spiro atoms. The third-order valence-corrected chi connectivity index (χ3v) is 3.70. The molecule has 1 aromatic rings. The molecule has 0 amide bonds. The molecule has 1 fully saturated rings. The van der Waals surface area contributed by atoms with Gasteiger partial charge in [0.15, 0.2) is 0 Å². The van der Waals surface area contributed by atoms with E-state index < -0.39 is 0 Å². The van der Waals surface area contributed by atoms with E-state index in [2.05, 4.69) is 32.0 Å². The molecule has 1 aromatic carbocycles. The minimum atomic E-state index is 0.322. The molecule has 2 heteroatoms. The second-order valence-corrected chi connectivity index (χ2v) is 4.88. The summed E-state index contributed by atoms with van der Waals surface area (Å²) in [4.78, 5) is 0. The van der Waals surface area contributed by atoms with Crippen molar-refractivity contribution in [1.82, 2.24) is 0 Å². The molecule has 0 radical (unpaired) electrons. The van der Waals surface area contributed by atoms with Gasteiger partial charge >= 0.3 is 0 Å². The number of benzene rings is 1. The fourth-order valence-corrected chi connectivity index (χ4v) is 2.61. The summed E-state index contributed by atoms with van der Waals surface area (Å²) in [5.74, 6) is 1.15. The van der Waals surface area contributed by atoms with Crippen molar-refractivity contribution in [3.63, 3.8) is 0 Å². The summed E-state index contributed by atoms with van der Waals surface area (Å²) < 4.78 is 0.